The number of hydrogen-bond donors (Lipinski definition) is 3. The second-order valence-electron chi connectivity index (χ2n) is 3.74. The zero-order valence-electron chi connectivity index (χ0n) is 7.99. The number of carbonyl (C=O) groups excluding carboxylic acids is 1. The van der Waals surface area contributed by atoms with Crippen molar-refractivity contribution in [3.05, 3.63) is 24.0 Å². The molecule has 1 fully saturated rings. The third-order valence-electron chi connectivity index (χ3n) is 2.60. The van der Waals surface area contributed by atoms with Crippen LogP contribution in [0.25, 0.3) is 0 Å². The van der Waals surface area contributed by atoms with Gasteiger partial charge in [0, 0.05) is 18.8 Å². The van der Waals surface area contributed by atoms with Gasteiger partial charge in [0.1, 0.15) is 5.69 Å². The standard InChI is InChI=1S/C10H15N3O/c11-6-9(7-3-4-7)13-10(14)8-2-1-5-12-8/h1-2,5,7,9,12H,3-4,6,11H2,(H,13,14). The van der Waals surface area contributed by atoms with Crippen LogP contribution in [0, 0.1) is 5.92 Å². The van der Waals surface area contributed by atoms with Gasteiger partial charge in [-0.15, -0.1) is 0 Å². The Morgan fingerprint density at radius 1 is 1.71 bits per heavy atom. The van der Waals surface area contributed by atoms with Crippen LogP contribution in [0.2, 0.25) is 0 Å². The Labute approximate surface area is 82.9 Å². The third kappa shape index (κ3) is 1.96. The molecule has 14 heavy (non-hydrogen) atoms. The average Bonchev–Trinajstić information content (AvgIpc) is 2.88. The lowest BCUT2D eigenvalue weighted by Gasteiger charge is -2.15. The molecule has 0 radical (unpaired) electrons. The maximum atomic E-state index is 11.6. The molecular formula is C10H15N3O. The van der Waals surface area contributed by atoms with E-state index in [0.29, 0.717) is 18.2 Å². The molecule has 1 heterocycles. The van der Waals surface area contributed by atoms with Crippen LogP contribution in [0.1, 0.15) is 23.3 Å². The van der Waals surface area contributed by atoms with Gasteiger partial charge in [-0.3, -0.25) is 4.79 Å². The van der Waals surface area contributed by atoms with Crippen molar-refractivity contribution in [2.45, 2.75) is 18.9 Å². The van der Waals surface area contributed by atoms with Gasteiger partial charge in [-0.25, -0.2) is 0 Å². The molecule has 0 spiro atoms. The summed E-state index contributed by atoms with van der Waals surface area (Å²) < 4.78 is 0. The Balaban J connectivity index is 1.92. The molecule has 0 saturated heterocycles. The van der Waals surface area contributed by atoms with Gasteiger partial charge in [0.15, 0.2) is 0 Å². The van der Waals surface area contributed by atoms with E-state index in [1.807, 2.05) is 6.07 Å². The number of aromatic amines is 1. The number of hydrogen-bond acceptors (Lipinski definition) is 2. The highest BCUT2D eigenvalue weighted by Crippen LogP contribution is 2.32. The molecule has 0 bridgehead atoms. The molecule has 1 saturated carbocycles. The molecule has 1 aliphatic carbocycles. The zero-order chi connectivity index (χ0) is 9.97. The number of rotatable bonds is 4. The number of nitrogens with one attached hydrogen (secondary N) is 2. The summed E-state index contributed by atoms with van der Waals surface area (Å²) in [4.78, 5) is 14.5. The number of H-pyrrole nitrogens is 1. The number of amides is 1. The van der Waals surface area contributed by atoms with Crippen LogP contribution >= 0.6 is 0 Å². The van der Waals surface area contributed by atoms with Crippen LogP contribution in [0.15, 0.2) is 18.3 Å². The maximum Gasteiger partial charge on any atom is 0.267 e. The summed E-state index contributed by atoms with van der Waals surface area (Å²) in [5.41, 5.74) is 6.19. The highest BCUT2D eigenvalue weighted by molar-refractivity contribution is 5.92. The molecule has 4 nitrogen and oxygen atoms in total. The summed E-state index contributed by atoms with van der Waals surface area (Å²) in [7, 11) is 0. The van der Waals surface area contributed by atoms with Gasteiger partial charge in [-0.1, -0.05) is 0 Å². The van der Waals surface area contributed by atoms with Gasteiger partial charge in [0.2, 0.25) is 0 Å². The molecule has 1 atom stereocenters. The van der Waals surface area contributed by atoms with E-state index in [2.05, 4.69) is 10.3 Å². The largest absolute Gasteiger partial charge is 0.357 e. The van der Waals surface area contributed by atoms with Gasteiger partial charge in [0.25, 0.3) is 5.91 Å². The lowest BCUT2D eigenvalue weighted by molar-refractivity contribution is 0.0929. The van der Waals surface area contributed by atoms with Crippen LogP contribution in [0.3, 0.4) is 0 Å². The molecule has 4 heteroatoms. The Bertz CT molecular complexity index is 303. The summed E-state index contributed by atoms with van der Waals surface area (Å²) in [6.07, 6.45) is 4.11. The Morgan fingerprint density at radius 3 is 3.00 bits per heavy atom. The second kappa shape index (κ2) is 3.84. The van der Waals surface area contributed by atoms with Crippen molar-refractivity contribution < 1.29 is 4.79 Å². The maximum absolute atomic E-state index is 11.6. The first-order valence-corrected chi connectivity index (χ1v) is 4.95. The van der Waals surface area contributed by atoms with E-state index in [1.165, 1.54) is 12.8 Å². The fourth-order valence-corrected chi connectivity index (χ4v) is 1.59. The van der Waals surface area contributed by atoms with E-state index in [0.717, 1.165) is 0 Å². The minimum absolute atomic E-state index is 0.0580. The quantitative estimate of drug-likeness (QED) is 0.651. The molecule has 0 aromatic carbocycles. The SMILES string of the molecule is NCC(NC(=O)c1ccc[nH]1)C1CC1. The van der Waals surface area contributed by atoms with Crippen molar-refractivity contribution in [3.8, 4) is 0 Å². The first-order chi connectivity index (χ1) is 6.81. The summed E-state index contributed by atoms with van der Waals surface area (Å²) in [5.74, 6) is 0.538. The van der Waals surface area contributed by atoms with Crippen LogP contribution in [-0.2, 0) is 0 Å². The van der Waals surface area contributed by atoms with Crippen molar-refractivity contribution in [1.29, 1.82) is 0 Å². The van der Waals surface area contributed by atoms with Gasteiger partial charge in [-0.2, -0.15) is 0 Å². The normalized spacial score (nSPS) is 17.8. The van der Waals surface area contributed by atoms with E-state index in [1.54, 1.807) is 12.3 Å². The van der Waals surface area contributed by atoms with Gasteiger partial charge in [-0.05, 0) is 30.9 Å². The molecule has 1 aliphatic rings. The third-order valence-corrected chi connectivity index (χ3v) is 2.60. The van der Waals surface area contributed by atoms with Crippen molar-refractivity contribution in [1.82, 2.24) is 10.3 Å². The minimum atomic E-state index is -0.0580. The predicted molar refractivity (Wildman–Crippen MR) is 53.8 cm³/mol. The number of carbonyl (C=O) groups is 1. The Morgan fingerprint density at radius 2 is 2.50 bits per heavy atom. The fraction of sp³-hybridized carbons (Fsp3) is 0.500. The molecule has 1 aromatic rings. The molecule has 0 aliphatic heterocycles. The molecule has 76 valence electrons. The van der Waals surface area contributed by atoms with Gasteiger partial charge < -0.3 is 16.0 Å². The molecule has 2 rings (SSSR count). The number of aromatic nitrogens is 1. The highest BCUT2D eigenvalue weighted by atomic mass is 16.1. The second-order valence-corrected chi connectivity index (χ2v) is 3.74. The lowest BCUT2D eigenvalue weighted by Crippen LogP contribution is -2.41. The van der Waals surface area contributed by atoms with E-state index in [4.69, 9.17) is 5.73 Å². The average molecular weight is 193 g/mol. The van der Waals surface area contributed by atoms with Crippen molar-refractivity contribution >= 4 is 5.91 Å². The van der Waals surface area contributed by atoms with Crippen molar-refractivity contribution in [2.75, 3.05) is 6.54 Å². The zero-order valence-corrected chi connectivity index (χ0v) is 7.99. The summed E-state index contributed by atoms with van der Waals surface area (Å²) in [6.45, 7) is 0.525. The topological polar surface area (TPSA) is 70.9 Å². The Hall–Kier alpha value is -1.29. The van der Waals surface area contributed by atoms with Crippen molar-refractivity contribution in [3.63, 3.8) is 0 Å². The minimum Gasteiger partial charge on any atom is -0.357 e. The van der Waals surface area contributed by atoms with E-state index >= 15 is 0 Å². The molecule has 1 aromatic heterocycles. The van der Waals surface area contributed by atoms with Crippen LogP contribution < -0.4 is 11.1 Å². The van der Waals surface area contributed by atoms with Gasteiger partial charge in [0.05, 0.1) is 0 Å². The van der Waals surface area contributed by atoms with Crippen LogP contribution in [0.4, 0.5) is 0 Å². The first kappa shape index (κ1) is 9.27. The van der Waals surface area contributed by atoms with Crippen molar-refractivity contribution in [2.24, 2.45) is 11.7 Å². The summed E-state index contributed by atoms with van der Waals surface area (Å²) >= 11 is 0. The predicted octanol–water partition coefficient (Wildman–Crippen LogP) is 0.482. The van der Waals surface area contributed by atoms with Crippen LogP contribution in [0.5, 0.6) is 0 Å². The highest BCUT2D eigenvalue weighted by Gasteiger charge is 2.31. The summed E-state index contributed by atoms with van der Waals surface area (Å²) in [6, 6.07) is 3.71. The first-order valence-electron chi connectivity index (χ1n) is 4.95. The molecule has 4 N–H and O–H groups in total. The van der Waals surface area contributed by atoms with E-state index in [9.17, 15) is 4.79 Å². The molecular weight excluding hydrogens is 178 g/mol. The smallest absolute Gasteiger partial charge is 0.267 e. The summed E-state index contributed by atoms with van der Waals surface area (Å²) in [5, 5.41) is 2.94. The lowest BCUT2D eigenvalue weighted by atomic mass is 10.2. The fourth-order valence-electron chi connectivity index (χ4n) is 1.59. The van der Waals surface area contributed by atoms with E-state index in [-0.39, 0.29) is 11.9 Å². The molecule has 1 unspecified atom stereocenters. The monoisotopic (exact) mass is 193 g/mol. The van der Waals surface area contributed by atoms with Gasteiger partial charge >= 0.3 is 0 Å². The Kier molecular flexibility index (Phi) is 2.54. The van der Waals surface area contributed by atoms with E-state index < -0.39 is 0 Å². The molecule has 1 amide bonds. The number of nitrogens with two attached hydrogens (primary N) is 1. The van der Waals surface area contributed by atoms with Crippen LogP contribution in [-0.4, -0.2) is 23.5 Å².